The van der Waals surface area contributed by atoms with Gasteiger partial charge in [-0.05, 0) is 54.4 Å². The minimum absolute atomic E-state index is 0.0737. The predicted molar refractivity (Wildman–Crippen MR) is 113 cm³/mol. The van der Waals surface area contributed by atoms with Crippen molar-refractivity contribution in [2.75, 3.05) is 7.11 Å². The zero-order chi connectivity index (χ0) is 20.4. The van der Waals surface area contributed by atoms with Crippen LogP contribution in [0.15, 0.2) is 71.1 Å². The first-order valence-corrected chi connectivity index (χ1v) is 9.71. The van der Waals surface area contributed by atoms with Crippen LogP contribution in [0.25, 0.3) is 22.3 Å². The maximum Gasteiger partial charge on any atom is 0.218 e. The number of aryl methyl sites for hydroxylation is 1. The van der Waals surface area contributed by atoms with Gasteiger partial charge in [0.05, 0.1) is 23.6 Å². The number of hydrogen-bond acceptors (Lipinski definition) is 2. The largest absolute Gasteiger partial charge is 0.497 e. The third kappa shape index (κ3) is 4.03. The summed E-state index contributed by atoms with van der Waals surface area (Å²) in [6.07, 6.45) is 0.915. The smallest absolute Gasteiger partial charge is 0.218 e. The molecule has 0 aliphatic heterocycles. The summed E-state index contributed by atoms with van der Waals surface area (Å²) in [4.78, 5) is 3.36. The lowest BCUT2D eigenvalue weighted by Gasteiger charge is -2.06. The Kier molecular flexibility index (Phi) is 5.36. The molecule has 1 heterocycles. The van der Waals surface area contributed by atoms with Crippen LogP contribution in [0.4, 0.5) is 10.1 Å². The molecule has 0 saturated heterocycles. The number of halogens is 2. The molecule has 1 N–H and O–H groups in total. The number of hydrogen-bond donors (Lipinski definition) is 1. The van der Waals surface area contributed by atoms with E-state index in [0.29, 0.717) is 11.4 Å². The van der Waals surface area contributed by atoms with Crippen molar-refractivity contribution >= 4 is 28.3 Å². The van der Waals surface area contributed by atoms with E-state index in [0.717, 1.165) is 34.1 Å². The Labute approximate surface area is 173 Å². The Morgan fingerprint density at radius 3 is 2.48 bits per heavy atom. The van der Waals surface area contributed by atoms with Gasteiger partial charge in [-0.1, -0.05) is 24.6 Å². The van der Waals surface area contributed by atoms with E-state index in [4.69, 9.17) is 20.8 Å². The van der Waals surface area contributed by atoms with Crippen LogP contribution in [-0.4, -0.2) is 7.11 Å². The highest BCUT2D eigenvalue weighted by molar-refractivity contribution is 6.30. The Balaban J connectivity index is 1.95. The summed E-state index contributed by atoms with van der Waals surface area (Å²) in [5.41, 5.74) is 3.58. The number of benzene rings is 3. The molecule has 4 rings (SSSR count). The van der Waals surface area contributed by atoms with Gasteiger partial charge in [0.15, 0.2) is 0 Å². The monoisotopic (exact) mass is 408 g/mol. The second-order valence-electron chi connectivity index (χ2n) is 6.69. The topological polar surface area (TPSA) is 36.3 Å². The quantitative estimate of drug-likeness (QED) is 0.527. The Bertz CT molecular complexity index is 1250. The number of fused-ring (bicyclic) bond motifs is 1. The van der Waals surface area contributed by atoms with Crippen LogP contribution in [-0.2, 0) is 6.42 Å². The number of ether oxygens (including phenoxy) is 1. The molecule has 0 saturated carbocycles. The normalized spacial score (nSPS) is 11.8. The first-order valence-electron chi connectivity index (χ1n) is 9.33. The van der Waals surface area contributed by atoms with Crippen molar-refractivity contribution in [1.82, 2.24) is 0 Å². The molecule has 0 bridgehead atoms. The first kappa shape index (κ1) is 19.2. The molecule has 0 aliphatic carbocycles. The van der Waals surface area contributed by atoms with E-state index in [1.54, 1.807) is 19.2 Å². The SMILES string of the molecule is CCc1ccc2oc(-c3ccc(OC)cc3)cc(=[NH+]c3ccc(F)c(Cl)c3)c2c1. The van der Waals surface area contributed by atoms with Crippen LogP contribution < -0.4 is 15.1 Å². The number of rotatable bonds is 4. The molecule has 0 spiro atoms. The third-order valence-corrected chi connectivity index (χ3v) is 5.10. The molecule has 29 heavy (non-hydrogen) atoms. The summed E-state index contributed by atoms with van der Waals surface area (Å²) in [7, 11) is 1.64. The van der Waals surface area contributed by atoms with Crippen LogP contribution in [0.2, 0.25) is 5.02 Å². The van der Waals surface area contributed by atoms with Crippen molar-refractivity contribution in [2.45, 2.75) is 13.3 Å². The van der Waals surface area contributed by atoms with Crippen molar-refractivity contribution in [3.8, 4) is 17.1 Å². The van der Waals surface area contributed by atoms with Crippen LogP contribution in [0.3, 0.4) is 0 Å². The van der Waals surface area contributed by atoms with E-state index < -0.39 is 5.82 Å². The number of nitrogens with one attached hydrogen (secondary N) is 1. The maximum absolute atomic E-state index is 13.6. The zero-order valence-corrected chi connectivity index (χ0v) is 16.9. The Morgan fingerprint density at radius 2 is 1.79 bits per heavy atom. The summed E-state index contributed by atoms with van der Waals surface area (Å²) in [5, 5.41) is 1.88. The minimum Gasteiger partial charge on any atom is -0.497 e. The Morgan fingerprint density at radius 1 is 1.00 bits per heavy atom. The first-order chi connectivity index (χ1) is 14.1. The maximum atomic E-state index is 13.6. The summed E-state index contributed by atoms with van der Waals surface area (Å²) in [6, 6.07) is 20.3. The third-order valence-electron chi connectivity index (χ3n) is 4.81. The predicted octanol–water partition coefficient (Wildman–Crippen LogP) is 4.78. The van der Waals surface area contributed by atoms with E-state index in [-0.39, 0.29) is 5.02 Å². The van der Waals surface area contributed by atoms with E-state index in [9.17, 15) is 4.39 Å². The van der Waals surface area contributed by atoms with Crippen molar-refractivity contribution in [3.05, 3.63) is 88.5 Å². The summed E-state index contributed by atoms with van der Waals surface area (Å²) < 4.78 is 25.0. The zero-order valence-electron chi connectivity index (χ0n) is 16.1. The van der Waals surface area contributed by atoms with Gasteiger partial charge < -0.3 is 9.15 Å². The molecule has 146 valence electrons. The highest BCUT2D eigenvalue weighted by atomic mass is 35.5. The molecule has 0 fully saturated rings. The van der Waals surface area contributed by atoms with Crippen LogP contribution in [0.1, 0.15) is 12.5 Å². The molecule has 0 atom stereocenters. The van der Waals surface area contributed by atoms with Crippen LogP contribution in [0, 0.1) is 5.82 Å². The highest BCUT2D eigenvalue weighted by Gasteiger charge is 2.11. The van der Waals surface area contributed by atoms with Crippen molar-refractivity contribution in [3.63, 3.8) is 0 Å². The molecular formula is C24H20ClFNO2+. The standard InChI is InChI=1S/C24H19ClFNO2/c1-3-15-4-11-23-19(12-15)22(27-17-7-10-21(26)20(25)13-17)14-24(29-23)16-5-8-18(28-2)9-6-16/h4-14H,3H2,1-2H3/p+1. The van der Waals surface area contributed by atoms with E-state index in [2.05, 4.69) is 24.0 Å². The van der Waals surface area contributed by atoms with Gasteiger partial charge in [-0.15, -0.1) is 0 Å². The lowest BCUT2D eigenvalue weighted by atomic mass is 10.1. The molecule has 0 aliphatic rings. The van der Waals surface area contributed by atoms with E-state index in [1.807, 2.05) is 36.4 Å². The van der Waals surface area contributed by atoms with Crippen molar-refractivity contribution < 1.29 is 18.5 Å². The molecule has 3 nitrogen and oxygen atoms in total. The minimum atomic E-state index is -0.447. The highest BCUT2D eigenvalue weighted by Crippen LogP contribution is 2.24. The molecule has 0 amide bonds. The van der Waals surface area contributed by atoms with E-state index in [1.165, 1.54) is 11.6 Å². The van der Waals surface area contributed by atoms with E-state index >= 15 is 0 Å². The molecule has 3 aromatic carbocycles. The Hall–Kier alpha value is -3.11. The van der Waals surface area contributed by atoms with Crippen LogP contribution in [0.5, 0.6) is 5.75 Å². The molecule has 5 heteroatoms. The van der Waals surface area contributed by atoms with Gasteiger partial charge in [-0.25, -0.2) is 9.38 Å². The van der Waals surface area contributed by atoms with Crippen molar-refractivity contribution in [1.29, 1.82) is 0 Å². The summed E-state index contributed by atoms with van der Waals surface area (Å²) in [6.45, 7) is 2.11. The average molecular weight is 409 g/mol. The fourth-order valence-electron chi connectivity index (χ4n) is 3.18. The van der Waals surface area contributed by atoms with Crippen LogP contribution >= 0.6 is 11.6 Å². The van der Waals surface area contributed by atoms with Gasteiger partial charge in [0.1, 0.15) is 22.9 Å². The summed E-state index contributed by atoms with van der Waals surface area (Å²) >= 11 is 5.96. The molecule has 0 radical (unpaired) electrons. The number of methoxy groups -OCH3 is 1. The lowest BCUT2D eigenvalue weighted by Crippen LogP contribution is -2.70. The molecular weight excluding hydrogens is 389 g/mol. The van der Waals surface area contributed by atoms with Crippen molar-refractivity contribution in [2.24, 2.45) is 0 Å². The lowest BCUT2D eigenvalue weighted by molar-refractivity contribution is -0.400. The fourth-order valence-corrected chi connectivity index (χ4v) is 3.36. The molecule has 1 aromatic heterocycles. The molecule has 0 unspecified atom stereocenters. The molecule has 4 aromatic rings. The van der Waals surface area contributed by atoms with Gasteiger partial charge in [0.25, 0.3) is 0 Å². The van der Waals surface area contributed by atoms with Gasteiger partial charge >= 0.3 is 0 Å². The summed E-state index contributed by atoms with van der Waals surface area (Å²) in [5.74, 6) is 1.04. The van der Waals surface area contributed by atoms with Gasteiger partial charge in [0, 0.05) is 17.7 Å². The van der Waals surface area contributed by atoms with Gasteiger partial charge in [-0.2, -0.15) is 0 Å². The average Bonchev–Trinajstić information content (AvgIpc) is 2.76. The van der Waals surface area contributed by atoms with Gasteiger partial charge in [0.2, 0.25) is 11.0 Å². The van der Waals surface area contributed by atoms with Gasteiger partial charge in [-0.3, -0.25) is 0 Å². The second-order valence-corrected chi connectivity index (χ2v) is 7.10. The second kappa shape index (κ2) is 8.10. The fraction of sp³-hybridized carbons (Fsp3) is 0.125.